The van der Waals surface area contributed by atoms with Crippen LogP contribution in [0.15, 0.2) is 18.7 Å². The first-order chi connectivity index (χ1) is 10.1. The maximum absolute atomic E-state index is 12.0. The Balaban J connectivity index is 2.12. The monoisotopic (exact) mass is 308 g/mol. The van der Waals surface area contributed by atoms with Gasteiger partial charge < -0.3 is 10.1 Å². The van der Waals surface area contributed by atoms with Crippen LogP contribution in [0.3, 0.4) is 0 Å². The van der Waals surface area contributed by atoms with Gasteiger partial charge in [-0.1, -0.05) is 6.92 Å². The molecule has 1 amide bonds. The van der Waals surface area contributed by atoms with Gasteiger partial charge in [-0.25, -0.2) is 14.5 Å². The van der Waals surface area contributed by atoms with Crippen molar-refractivity contribution in [1.29, 1.82) is 0 Å². The molecule has 0 unspecified atom stereocenters. The van der Waals surface area contributed by atoms with Crippen molar-refractivity contribution in [2.75, 3.05) is 11.9 Å². The van der Waals surface area contributed by atoms with Crippen molar-refractivity contribution in [3.05, 3.63) is 29.2 Å². The van der Waals surface area contributed by atoms with E-state index in [0.717, 1.165) is 11.3 Å². The molecule has 2 rings (SSSR count). The van der Waals surface area contributed by atoms with Gasteiger partial charge in [0.1, 0.15) is 24.2 Å². The summed E-state index contributed by atoms with van der Waals surface area (Å²) in [5.74, 6) is -0.694. The molecule has 0 radical (unpaired) electrons. The highest BCUT2D eigenvalue weighted by molar-refractivity contribution is 7.16. The van der Waals surface area contributed by atoms with E-state index in [4.69, 9.17) is 4.74 Å². The van der Waals surface area contributed by atoms with Gasteiger partial charge in [-0.15, -0.1) is 11.3 Å². The van der Waals surface area contributed by atoms with Crippen molar-refractivity contribution in [2.24, 2.45) is 0 Å². The standard InChI is InChI=1S/C13H16N4O3S/c1-3-9-5-10(13(19)20-4-2)12(21-9)16-11(18)6-17-8-14-7-15-17/h5,7-8H,3-4,6H2,1-2H3,(H,16,18). The first kappa shape index (κ1) is 15.2. The number of nitrogens with one attached hydrogen (secondary N) is 1. The minimum Gasteiger partial charge on any atom is -0.462 e. The van der Waals surface area contributed by atoms with Gasteiger partial charge >= 0.3 is 5.97 Å². The van der Waals surface area contributed by atoms with Crippen molar-refractivity contribution in [2.45, 2.75) is 26.8 Å². The SMILES string of the molecule is CCOC(=O)c1cc(CC)sc1NC(=O)Cn1cncn1. The summed E-state index contributed by atoms with van der Waals surface area (Å²) in [6, 6.07) is 1.76. The van der Waals surface area contributed by atoms with Gasteiger partial charge in [0.25, 0.3) is 0 Å². The van der Waals surface area contributed by atoms with Crippen LogP contribution in [0.4, 0.5) is 5.00 Å². The van der Waals surface area contributed by atoms with Crippen molar-refractivity contribution in [3.63, 3.8) is 0 Å². The molecule has 0 aliphatic carbocycles. The fourth-order valence-electron chi connectivity index (χ4n) is 1.70. The van der Waals surface area contributed by atoms with E-state index >= 15 is 0 Å². The number of hydrogen-bond acceptors (Lipinski definition) is 6. The lowest BCUT2D eigenvalue weighted by atomic mass is 10.2. The van der Waals surface area contributed by atoms with Gasteiger partial charge in [0.05, 0.1) is 12.2 Å². The molecule has 0 spiro atoms. The molecule has 0 aliphatic heterocycles. The molecular weight excluding hydrogens is 292 g/mol. The van der Waals surface area contributed by atoms with Crippen LogP contribution >= 0.6 is 11.3 Å². The number of hydrogen-bond donors (Lipinski definition) is 1. The summed E-state index contributed by atoms with van der Waals surface area (Å²) in [6.07, 6.45) is 3.60. The van der Waals surface area contributed by atoms with E-state index in [-0.39, 0.29) is 12.5 Å². The topological polar surface area (TPSA) is 86.1 Å². The Hall–Kier alpha value is -2.22. The number of nitrogens with zero attached hydrogens (tertiary/aromatic N) is 3. The van der Waals surface area contributed by atoms with Gasteiger partial charge in [-0.3, -0.25) is 4.79 Å². The van der Waals surface area contributed by atoms with Crippen molar-refractivity contribution < 1.29 is 14.3 Å². The van der Waals surface area contributed by atoms with E-state index in [2.05, 4.69) is 15.4 Å². The Labute approximate surface area is 125 Å². The predicted molar refractivity (Wildman–Crippen MR) is 78.3 cm³/mol. The Morgan fingerprint density at radius 3 is 2.86 bits per heavy atom. The second-order valence-electron chi connectivity index (χ2n) is 4.17. The number of amides is 1. The van der Waals surface area contributed by atoms with Crippen LogP contribution in [0.2, 0.25) is 0 Å². The van der Waals surface area contributed by atoms with Crippen LogP contribution in [-0.4, -0.2) is 33.2 Å². The summed E-state index contributed by atoms with van der Waals surface area (Å²) in [5, 5.41) is 7.11. The minimum absolute atomic E-state index is 0.0433. The number of ether oxygens (including phenoxy) is 1. The molecule has 112 valence electrons. The lowest BCUT2D eigenvalue weighted by molar-refractivity contribution is -0.116. The Morgan fingerprint density at radius 2 is 2.24 bits per heavy atom. The summed E-state index contributed by atoms with van der Waals surface area (Å²) >= 11 is 1.38. The van der Waals surface area contributed by atoms with Crippen molar-refractivity contribution in [3.8, 4) is 0 Å². The van der Waals surface area contributed by atoms with E-state index in [1.165, 1.54) is 28.7 Å². The lowest BCUT2D eigenvalue weighted by Crippen LogP contribution is -2.19. The summed E-state index contributed by atoms with van der Waals surface area (Å²) in [5.41, 5.74) is 0.394. The third-order valence-corrected chi connectivity index (χ3v) is 3.85. The molecule has 0 aliphatic rings. The molecule has 21 heavy (non-hydrogen) atoms. The number of rotatable bonds is 6. The smallest absolute Gasteiger partial charge is 0.341 e. The van der Waals surface area contributed by atoms with E-state index in [1.807, 2.05) is 6.92 Å². The summed E-state index contributed by atoms with van der Waals surface area (Å²) in [6.45, 7) is 4.07. The molecule has 1 N–H and O–H groups in total. The van der Waals surface area contributed by atoms with Crippen LogP contribution in [0.25, 0.3) is 0 Å². The molecule has 7 nitrogen and oxygen atoms in total. The molecule has 0 aromatic carbocycles. The van der Waals surface area contributed by atoms with Crippen LogP contribution in [0.1, 0.15) is 29.1 Å². The lowest BCUT2D eigenvalue weighted by Gasteiger charge is -2.05. The zero-order chi connectivity index (χ0) is 15.2. The van der Waals surface area contributed by atoms with Gasteiger partial charge in [-0.2, -0.15) is 5.10 Å². The Morgan fingerprint density at radius 1 is 1.43 bits per heavy atom. The normalized spacial score (nSPS) is 10.4. The fourth-order valence-corrected chi connectivity index (χ4v) is 2.70. The third-order valence-electron chi connectivity index (χ3n) is 2.65. The first-order valence-electron chi connectivity index (χ1n) is 6.56. The average molecular weight is 308 g/mol. The highest BCUT2D eigenvalue weighted by Gasteiger charge is 2.18. The van der Waals surface area contributed by atoms with E-state index in [9.17, 15) is 9.59 Å². The molecule has 0 saturated carbocycles. The summed E-state index contributed by atoms with van der Waals surface area (Å²) in [4.78, 5) is 28.6. The van der Waals surface area contributed by atoms with Crippen LogP contribution in [-0.2, 0) is 22.5 Å². The minimum atomic E-state index is -0.426. The van der Waals surface area contributed by atoms with Crippen LogP contribution in [0, 0.1) is 0 Å². The van der Waals surface area contributed by atoms with Crippen molar-refractivity contribution in [1.82, 2.24) is 14.8 Å². The quantitative estimate of drug-likeness (QED) is 0.821. The number of carbonyl (C=O) groups excluding carboxylic acids is 2. The molecule has 0 bridgehead atoms. The Bertz CT molecular complexity index is 621. The molecule has 2 aromatic rings. The maximum atomic E-state index is 12.0. The number of aryl methyl sites for hydroxylation is 1. The van der Waals surface area contributed by atoms with Gasteiger partial charge in [-0.05, 0) is 19.4 Å². The molecule has 0 saturated heterocycles. The van der Waals surface area contributed by atoms with Crippen LogP contribution < -0.4 is 5.32 Å². The second kappa shape index (κ2) is 6.98. The number of thiophene rings is 1. The molecule has 8 heteroatoms. The number of anilines is 1. The summed E-state index contributed by atoms with van der Waals surface area (Å²) in [7, 11) is 0. The van der Waals surface area contributed by atoms with E-state index in [1.54, 1.807) is 13.0 Å². The molecule has 0 atom stereocenters. The fraction of sp³-hybridized carbons (Fsp3) is 0.385. The second-order valence-corrected chi connectivity index (χ2v) is 5.31. The number of esters is 1. The predicted octanol–water partition coefficient (Wildman–Crippen LogP) is 1.72. The van der Waals surface area contributed by atoms with Gasteiger partial charge in [0.15, 0.2) is 0 Å². The van der Waals surface area contributed by atoms with Gasteiger partial charge in [0.2, 0.25) is 5.91 Å². The largest absolute Gasteiger partial charge is 0.462 e. The van der Waals surface area contributed by atoms with E-state index < -0.39 is 5.97 Å². The molecule has 2 aromatic heterocycles. The molecule has 0 fully saturated rings. The van der Waals surface area contributed by atoms with Crippen molar-refractivity contribution >= 4 is 28.2 Å². The zero-order valence-electron chi connectivity index (χ0n) is 11.8. The van der Waals surface area contributed by atoms with Crippen LogP contribution in [0.5, 0.6) is 0 Å². The number of carbonyl (C=O) groups is 2. The maximum Gasteiger partial charge on any atom is 0.341 e. The highest BCUT2D eigenvalue weighted by atomic mass is 32.1. The first-order valence-corrected chi connectivity index (χ1v) is 7.37. The van der Waals surface area contributed by atoms with E-state index in [0.29, 0.717) is 17.2 Å². The molecule has 2 heterocycles. The zero-order valence-corrected chi connectivity index (χ0v) is 12.6. The highest BCUT2D eigenvalue weighted by Crippen LogP contribution is 2.29. The van der Waals surface area contributed by atoms with Gasteiger partial charge in [0, 0.05) is 4.88 Å². The third kappa shape index (κ3) is 3.88. The molecular formula is C13H16N4O3S. The summed E-state index contributed by atoms with van der Waals surface area (Å²) < 4.78 is 6.41. The average Bonchev–Trinajstić information content (AvgIpc) is 3.08. The number of aromatic nitrogens is 3. The Kier molecular flexibility index (Phi) is 5.04.